The largest absolute Gasteiger partial charge is 0.368 e. The van der Waals surface area contributed by atoms with Crippen molar-refractivity contribution in [2.75, 3.05) is 6.61 Å². The van der Waals surface area contributed by atoms with Crippen LogP contribution in [0.4, 0.5) is 0 Å². The summed E-state index contributed by atoms with van der Waals surface area (Å²) in [5.41, 5.74) is -0.460. The summed E-state index contributed by atoms with van der Waals surface area (Å²) in [7, 11) is 0. The van der Waals surface area contributed by atoms with Gasteiger partial charge in [0.15, 0.2) is 5.78 Å². The molecule has 1 rings (SSSR count). The quantitative estimate of drug-likeness (QED) is 0.649. The maximum Gasteiger partial charge on any atom is 0.161 e. The van der Waals surface area contributed by atoms with Crippen molar-refractivity contribution in [3.05, 3.63) is 0 Å². The van der Waals surface area contributed by atoms with E-state index < -0.39 is 5.60 Å². The smallest absolute Gasteiger partial charge is 0.161 e. The minimum absolute atomic E-state index is 0.159. The molecule has 1 aliphatic heterocycles. The van der Waals surface area contributed by atoms with Crippen LogP contribution in [0.15, 0.2) is 0 Å². The number of hydrogen-bond donors (Lipinski definition) is 0. The third-order valence-corrected chi connectivity index (χ3v) is 2.21. The molecule has 0 saturated carbocycles. The summed E-state index contributed by atoms with van der Waals surface area (Å²) in [4.78, 5) is 11.0. The number of carbonyl (C=O) groups is 1. The fourth-order valence-electron chi connectivity index (χ4n) is 1.21. The molecule has 0 aromatic heterocycles. The lowest BCUT2D eigenvalue weighted by Gasteiger charge is -2.31. The standard InChI is InChI=1S/C8H14O2.2C2H6/c1-7(9)8(2)5-3-4-6-10-8;2*1-2/h3-6H2,1-2H3;2*1-2H3/t8-;;/m1../s1. The molecule has 0 unspecified atom stereocenters. The predicted octanol–water partition coefficient (Wildman–Crippen LogP) is 3.59. The Morgan fingerprint density at radius 3 is 1.86 bits per heavy atom. The second-order valence-electron chi connectivity index (χ2n) is 3.09. The molecule has 0 aromatic carbocycles. The van der Waals surface area contributed by atoms with E-state index in [-0.39, 0.29) is 5.78 Å². The highest BCUT2D eigenvalue weighted by molar-refractivity contribution is 5.84. The van der Waals surface area contributed by atoms with E-state index in [9.17, 15) is 4.79 Å². The van der Waals surface area contributed by atoms with Gasteiger partial charge in [-0.05, 0) is 33.1 Å². The Morgan fingerprint density at radius 2 is 1.64 bits per heavy atom. The van der Waals surface area contributed by atoms with Crippen molar-refractivity contribution in [2.45, 2.75) is 66.4 Å². The van der Waals surface area contributed by atoms with Crippen LogP contribution in [0, 0.1) is 0 Å². The van der Waals surface area contributed by atoms with E-state index in [1.165, 1.54) is 0 Å². The Kier molecular flexibility index (Phi) is 10.6. The van der Waals surface area contributed by atoms with E-state index in [0.717, 1.165) is 25.9 Å². The maximum absolute atomic E-state index is 11.0. The third-order valence-electron chi connectivity index (χ3n) is 2.21. The van der Waals surface area contributed by atoms with Crippen LogP contribution in [0.1, 0.15) is 60.8 Å². The Balaban J connectivity index is 0. The molecule has 1 atom stereocenters. The van der Waals surface area contributed by atoms with Crippen LogP contribution >= 0.6 is 0 Å². The lowest BCUT2D eigenvalue weighted by molar-refractivity contribution is -0.145. The van der Waals surface area contributed by atoms with Gasteiger partial charge in [0.1, 0.15) is 5.60 Å². The molecule has 1 heterocycles. The van der Waals surface area contributed by atoms with Crippen LogP contribution in [-0.4, -0.2) is 18.0 Å². The molecular formula is C12H26O2. The van der Waals surface area contributed by atoms with Crippen molar-refractivity contribution in [1.29, 1.82) is 0 Å². The van der Waals surface area contributed by atoms with Crippen LogP contribution < -0.4 is 0 Å². The van der Waals surface area contributed by atoms with Gasteiger partial charge in [0.25, 0.3) is 0 Å². The van der Waals surface area contributed by atoms with Crippen molar-refractivity contribution in [3.8, 4) is 0 Å². The average molecular weight is 202 g/mol. The minimum Gasteiger partial charge on any atom is -0.368 e. The van der Waals surface area contributed by atoms with E-state index in [4.69, 9.17) is 4.74 Å². The second kappa shape index (κ2) is 9.20. The SMILES string of the molecule is CC.CC.CC(=O)[C@@]1(C)CCCCO1. The molecule has 0 aliphatic carbocycles. The molecule has 0 amide bonds. The van der Waals surface area contributed by atoms with Gasteiger partial charge in [-0.2, -0.15) is 0 Å². The highest BCUT2D eigenvalue weighted by Gasteiger charge is 2.32. The van der Waals surface area contributed by atoms with Gasteiger partial charge in [0, 0.05) is 6.61 Å². The van der Waals surface area contributed by atoms with Gasteiger partial charge in [-0.1, -0.05) is 27.7 Å². The summed E-state index contributed by atoms with van der Waals surface area (Å²) in [5, 5.41) is 0. The topological polar surface area (TPSA) is 26.3 Å². The summed E-state index contributed by atoms with van der Waals surface area (Å²) in [5.74, 6) is 0.159. The minimum atomic E-state index is -0.460. The Hall–Kier alpha value is -0.370. The summed E-state index contributed by atoms with van der Waals surface area (Å²) >= 11 is 0. The van der Waals surface area contributed by atoms with Crippen molar-refractivity contribution in [1.82, 2.24) is 0 Å². The Labute approximate surface area is 89.0 Å². The fourth-order valence-corrected chi connectivity index (χ4v) is 1.21. The maximum atomic E-state index is 11.0. The van der Waals surface area contributed by atoms with Gasteiger partial charge in [0.2, 0.25) is 0 Å². The van der Waals surface area contributed by atoms with Gasteiger partial charge >= 0.3 is 0 Å². The summed E-state index contributed by atoms with van der Waals surface area (Å²) in [6.07, 6.45) is 3.11. The molecule has 0 N–H and O–H groups in total. The molecule has 0 spiro atoms. The molecule has 1 saturated heterocycles. The molecule has 0 aromatic rings. The van der Waals surface area contributed by atoms with Crippen molar-refractivity contribution in [3.63, 3.8) is 0 Å². The molecular weight excluding hydrogens is 176 g/mol. The first-order chi connectivity index (χ1) is 6.65. The van der Waals surface area contributed by atoms with Crippen LogP contribution in [0.2, 0.25) is 0 Å². The van der Waals surface area contributed by atoms with Crippen molar-refractivity contribution < 1.29 is 9.53 Å². The average Bonchev–Trinajstić information content (AvgIpc) is 2.25. The first kappa shape index (κ1) is 16.1. The third kappa shape index (κ3) is 5.38. The van der Waals surface area contributed by atoms with Gasteiger partial charge in [-0.25, -0.2) is 0 Å². The molecule has 2 nitrogen and oxygen atoms in total. The predicted molar refractivity (Wildman–Crippen MR) is 61.6 cm³/mol. The number of ketones is 1. The number of carbonyl (C=O) groups excluding carboxylic acids is 1. The van der Waals surface area contributed by atoms with E-state index in [1.807, 2.05) is 34.6 Å². The van der Waals surface area contributed by atoms with Gasteiger partial charge in [-0.15, -0.1) is 0 Å². The fraction of sp³-hybridized carbons (Fsp3) is 0.917. The van der Waals surface area contributed by atoms with Gasteiger partial charge in [-0.3, -0.25) is 4.79 Å². The monoisotopic (exact) mass is 202 g/mol. The number of Topliss-reactive ketones (excluding diaryl/α,β-unsaturated/α-hetero) is 1. The van der Waals surface area contributed by atoms with Gasteiger partial charge in [0.05, 0.1) is 0 Å². The molecule has 1 fully saturated rings. The van der Waals surface area contributed by atoms with E-state index in [0.29, 0.717) is 0 Å². The van der Waals surface area contributed by atoms with Crippen molar-refractivity contribution in [2.24, 2.45) is 0 Å². The second-order valence-corrected chi connectivity index (χ2v) is 3.09. The molecule has 0 bridgehead atoms. The zero-order valence-corrected chi connectivity index (χ0v) is 10.6. The highest BCUT2D eigenvalue weighted by Crippen LogP contribution is 2.24. The van der Waals surface area contributed by atoms with Gasteiger partial charge < -0.3 is 4.74 Å². The van der Waals surface area contributed by atoms with Crippen LogP contribution in [0.3, 0.4) is 0 Å². The molecule has 1 aliphatic rings. The van der Waals surface area contributed by atoms with Crippen molar-refractivity contribution >= 4 is 5.78 Å². The first-order valence-electron chi connectivity index (χ1n) is 5.80. The Bertz CT molecular complexity index is 135. The zero-order valence-electron chi connectivity index (χ0n) is 10.6. The van der Waals surface area contributed by atoms with Crippen LogP contribution in [0.5, 0.6) is 0 Å². The highest BCUT2D eigenvalue weighted by atomic mass is 16.5. The summed E-state index contributed by atoms with van der Waals surface area (Å²) < 4.78 is 5.38. The molecule has 0 radical (unpaired) electrons. The number of hydrogen-bond acceptors (Lipinski definition) is 2. The van der Waals surface area contributed by atoms with E-state index in [2.05, 4.69) is 0 Å². The lowest BCUT2D eigenvalue weighted by Crippen LogP contribution is -2.39. The summed E-state index contributed by atoms with van der Waals surface area (Å²) in [6.45, 7) is 12.2. The lowest BCUT2D eigenvalue weighted by atomic mass is 9.92. The Morgan fingerprint density at radius 1 is 1.14 bits per heavy atom. The van der Waals surface area contributed by atoms with E-state index in [1.54, 1.807) is 6.92 Å². The molecule has 2 heteroatoms. The number of ether oxygens (including phenoxy) is 1. The molecule has 14 heavy (non-hydrogen) atoms. The zero-order chi connectivity index (χ0) is 11.6. The van der Waals surface area contributed by atoms with Crippen LogP contribution in [-0.2, 0) is 9.53 Å². The molecule has 86 valence electrons. The normalized spacial score (nSPS) is 25.0. The van der Waals surface area contributed by atoms with E-state index >= 15 is 0 Å². The summed E-state index contributed by atoms with van der Waals surface area (Å²) in [6, 6.07) is 0. The number of rotatable bonds is 1. The first-order valence-corrected chi connectivity index (χ1v) is 5.80. The van der Waals surface area contributed by atoms with Crippen LogP contribution in [0.25, 0.3) is 0 Å².